The zero-order valence-electron chi connectivity index (χ0n) is 16.9. The standard InChI is InChI=1S/C25H25N3O/c1-3-19-13-15-21(16-14-19)28-24(18(2)26-17-20-9-5-4-6-10-20)27-23-12-8-7-11-22(23)25(28)29/h4-16,18,26H,3,17H2,1-2H3/p+1/t18-/m0/s1. The molecule has 0 spiro atoms. The molecule has 2 N–H and O–H groups in total. The van der Waals surface area contributed by atoms with E-state index in [4.69, 9.17) is 4.98 Å². The third-order valence-electron chi connectivity index (χ3n) is 5.36. The average molecular weight is 385 g/mol. The fraction of sp³-hybridized carbons (Fsp3) is 0.200. The molecule has 0 unspecified atom stereocenters. The first-order valence-electron chi connectivity index (χ1n) is 10.2. The summed E-state index contributed by atoms with van der Waals surface area (Å²) < 4.78 is 1.77. The summed E-state index contributed by atoms with van der Waals surface area (Å²) in [5.74, 6) is 0.772. The Hall–Kier alpha value is -3.24. The van der Waals surface area contributed by atoms with Gasteiger partial charge >= 0.3 is 0 Å². The van der Waals surface area contributed by atoms with Crippen LogP contribution in [-0.4, -0.2) is 9.55 Å². The number of para-hydroxylation sites is 1. The molecule has 0 radical (unpaired) electrons. The van der Waals surface area contributed by atoms with Gasteiger partial charge in [0.25, 0.3) is 5.56 Å². The van der Waals surface area contributed by atoms with E-state index >= 15 is 0 Å². The maximum absolute atomic E-state index is 13.4. The molecule has 0 aliphatic rings. The minimum absolute atomic E-state index is 0.0187. The summed E-state index contributed by atoms with van der Waals surface area (Å²) in [6, 6.07) is 26.2. The lowest BCUT2D eigenvalue weighted by Crippen LogP contribution is -2.83. The van der Waals surface area contributed by atoms with Crippen LogP contribution in [0.15, 0.2) is 83.7 Å². The Morgan fingerprint density at radius 3 is 2.31 bits per heavy atom. The number of nitrogens with zero attached hydrogens (tertiary/aromatic N) is 2. The molecule has 4 heteroatoms. The van der Waals surface area contributed by atoms with Gasteiger partial charge < -0.3 is 5.32 Å². The second-order valence-corrected chi connectivity index (χ2v) is 7.36. The van der Waals surface area contributed by atoms with E-state index in [0.717, 1.165) is 30.0 Å². The fourth-order valence-electron chi connectivity index (χ4n) is 3.62. The van der Waals surface area contributed by atoms with E-state index in [-0.39, 0.29) is 11.6 Å². The van der Waals surface area contributed by atoms with E-state index in [2.05, 4.69) is 43.4 Å². The molecule has 4 aromatic rings. The summed E-state index contributed by atoms with van der Waals surface area (Å²) in [5.41, 5.74) is 4.09. The Kier molecular flexibility index (Phi) is 5.54. The maximum Gasteiger partial charge on any atom is 0.266 e. The van der Waals surface area contributed by atoms with E-state index in [0.29, 0.717) is 5.39 Å². The van der Waals surface area contributed by atoms with Gasteiger partial charge in [0, 0.05) is 5.56 Å². The summed E-state index contributed by atoms with van der Waals surface area (Å²) in [7, 11) is 0. The second kappa shape index (κ2) is 8.41. The summed E-state index contributed by atoms with van der Waals surface area (Å²) in [6.45, 7) is 5.07. The topological polar surface area (TPSA) is 51.5 Å². The molecule has 0 bridgehead atoms. The smallest absolute Gasteiger partial charge is 0.266 e. The first-order valence-corrected chi connectivity index (χ1v) is 10.2. The molecule has 1 aromatic heterocycles. The molecular weight excluding hydrogens is 358 g/mol. The molecule has 4 nitrogen and oxygen atoms in total. The van der Waals surface area contributed by atoms with E-state index < -0.39 is 0 Å². The monoisotopic (exact) mass is 384 g/mol. The third kappa shape index (κ3) is 3.98. The van der Waals surface area contributed by atoms with Crippen LogP contribution in [0.25, 0.3) is 16.6 Å². The van der Waals surface area contributed by atoms with Crippen LogP contribution < -0.4 is 10.9 Å². The van der Waals surface area contributed by atoms with Crippen molar-refractivity contribution in [3.63, 3.8) is 0 Å². The number of quaternary nitrogens is 1. The molecule has 0 amide bonds. The van der Waals surface area contributed by atoms with Crippen LogP contribution >= 0.6 is 0 Å². The Bertz CT molecular complexity index is 1160. The van der Waals surface area contributed by atoms with Crippen LogP contribution in [-0.2, 0) is 13.0 Å². The number of aryl methyl sites for hydroxylation is 1. The predicted octanol–water partition coefficient (Wildman–Crippen LogP) is 3.77. The molecule has 146 valence electrons. The lowest BCUT2D eigenvalue weighted by atomic mass is 10.1. The van der Waals surface area contributed by atoms with Gasteiger partial charge in [0.05, 0.1) is 16.6 Å². The summed E-state index contributed by atoms with van der Waals surface area (Å²) in [6.07, 6.45) is 0.971. The number of nitrogens with two attached hydrogens (primary N) is 1. The Balaban J connectivity index is 1.79. The summed E-state index contributed by atoms with van der Waals surface area (Å²) in [5, 5.41) is 2.87. The number of hydrogen-bond donors (Lipinski definition) is 1. The maximum atomic E-state index is 13.4. The van der Waals surface area contributed by atoms with Crippen molar-refractivity contribution in [2.45, 2.75) is 32.9 Å². The largest absolute Gasteiger partial charge is 0.334 e. The van der Waals surface area contributed by atoms with E-state index in [1.807, 2.05) is 54.6 Å². The van der Waals surface area contributed by atoms with Crippen molar-refractivity contribution in [3.05, 3.63) is 106 Å². The van der Waals surface area contributed by atoms with Crippen molar-refractivity contribution in [1.82, 2.24) is 9.55 Å². The van der Waals surface area contributed by atoms with Crippen LogP contribution in [0.5, 0.6) is 0 Å². The van der Waals surface area contributed by atoms with Crippen LogP contribution in [0.3, 0.4) is 0 Å². The zero-order valence-corrected chi connectivity index (χ0v) is 16.9. The quantitative estimate of drug-likeness (QED) is 0.550. The average Bonchev–Trinajstić information content (AvgIpc) is 2.78. The van der Waals surface area contributed by atoms with Crippen molar-refractivity contribution in [3.8, 4) is 5.69 Å². The third-order valence-corrected chi connectivity index (χ3v) is 5.36. The van der Waals surface area contributed by atoms with Gasteiger partial charge in [-0.1, -0.05) is 61.5 Å². The van der Waals surface area contributed by atoms with Crippen LogP contribution in [0, 0.1) is 0 Å². The fourth-order valence-corrected chi connectivity index (χ4v) is 3.62. The van der Waals surface area contributed by atoms with Crippen LogP contribution in [0.4, 0.5) is 0 Å². The highest BCUT2D eigenvalue weighted by Gasteiger charge is 2.20. The number of aromatic nitrogens is 2. The van der Waals surface area contributed by atoms with Gasteiger partial charge in [-0.15, -0.1) is 0 Å². The molecule has 1 atom stereocenters. The summed E-state index contributed by atoms with van der Waals surface area (Å²) >= 11 is 0. The molecule has 29 heavy (non-hydrogen) atoms. The Morgan fingerprint density at radius 1 is 0.897 bits per heavy atom. The molecule has 3 aromatic carbocycles. The highest BCUT2D eigenvalue weighted by atomic mass is 16.1. The number of hydrogen-bond acceptors (Lipinski definition) is 2. The van der Waals surface area contributed by atoms with Gasteiger partial charge in [0.15, 0.2) is 5.82 Å². The Labute approximate surface area is 170 Å². The normalized spacial score (nSPS) is 12.2. The van der Waals surface area contributed by atoms with Crippen molar-refractivity contribution < 1.29 is 5.32 Å². The molecule has 0 saturated carbocycles. The van der Waals surface area contributed by atoms with E-state index in [1.165, 1.54) is 11.1 Å². The number of benzene rings is 3. The molecule has 0 fully saturated rings. The lowest BCUT2D eigenvalue weighted by molar-refractivity contribution is -0.709. The predicted molar refractivity (Wildman–Crippen MR) is 117 cm³/mol. The molecule has 1 heterocycles. The van der Waals surface area contributed by atoms with Crippen molar-refractivity contribution >= 4 is 10.9 Å². The number of fused-ring (bicyclic) bond motifs is 1. The molecule has 0 aliphatic heterocycles. The number of rotatable bonds is 6. The molecule has 0 aliphatic carbocycles. The lowest BCUT2D eigenvalue weighted by Gasteiger charge is -2.18. The highest BCUT2D eigenvalue weighted by molar-refractivity contribution is 5.77. The van der Waals surface area contributed by atoms with Gasteiger partial charge in [-0.3, -0.25) is 9.36 Å². The minimum Gasteiger partial charge on any atom is -0.334 e. The molecule has 0 saturated heterocycles. The van der Waals surface area contributed by atoms with Gasteiger partial charge in [-0.2, -0.15) is 0 Å². The second-order valence-electron chi connectivity index (χ2n) is 7.36. The molecule has 4 rings (SSSR count). The van der Waals surface area contributed by atoms with Gasteiger partial charge in [0.1, 0.15) is 12.6 Å². The van der Waals surface area contributed by atoms with Crippen molar-refractivity contribution in [1.29, 1.82) is 0 Å². The van der Waals surface area contributed by atoms with Gasteiger partial charge in [0.2, 0.25) is 0 Å². The van der Waals surface area contributed by atoms with Crippen molar-refractivity contribution in [2.24, 2.45) is 0 Å². The first kappa shape index (κ1) is 19.1. The van der Waals surface area contributed by atoms with E-state index in [1.54, 1.807) is 4.57 Å². The zero-order chi connectivity index (χ0) is 20.2. The molecular formula is C25H26N3O+. The Morgan fingerprint density at radius 2 is 1.59 bits per heavy atom. The van der Waals surface area contributed by atoms with Crippen molar-refractivity contribution in [2.75, 3.05) is 0 Å². The first-order chi connectivity index (χ1) is 14.2. The van der Waals surface area contributed by atoms with Crippen LogP contribution in [0.1, 0.15) is 36.8 Å². The summed E-state index contributed by atoms with van der Waals surface area (Å²) in [4.78, 5) is 18.3. The SMILES string of the molecule is CCc1ccc(-n2c([C@H](C)[NH2+]Cc3ccccc3)nc3ccccc3c2=O)cc1. The van der Waals surface area contributed by atoms with Crippen LogP contribution in [0.2, 0.25) is 0 Å². The van der Waals surface area contributed by atoms with Gasteiger partial charge in [-0.25, -0.2) is 4.98 Å². The van der Waals surface area contributed by atoms with E-state index in [9.17, 15) is 4.79 Å². The highest BCUT2D eigenvalue weighted by Crippen LogP contribution is 2.17. The van der Waals surface area contributed by atoms with Gasteiger partial charge in [-0.05, 0) is 43.2 Å². The minimum atomic E-state index is -0.0187.